The lowest BCUT2D eigenvalue weighted by Gasteiger charge is -2.25. The molecule has 4 rings (SSSR count). The van der Waals surface area contributed by atoms with Crippen molar-refractivity contribution in [2.45, 2.75) is 25.7 Å². The van der Waals surface area contributed by atoms with Crippen LogP contribution in [0.4, 0.5) is 17.2 Å². The minimum absolute atomic E-state index is 0.0759. The summed E-state index contributed by atoms with van der Waals surface area (Å²) in [5.41, 5.74) is 2.16. The molecule has 2 amide bonds. The van der Waals surface area contributed by atoms with Gasteiger partial charge in [0, 0.05) is 36.0 Å². The van der Waals surface area contributed by atoms with Gasteiger partial charge in [0.05, 0.1) is 12.6 Å². The van der Waals surface area contributed by atoms with Crippen molar-refractivity contribution in [2.75, 3.05) is 30.3 Å². The number of rotatable bonds is 6. The van der Waals surface area contributed by atoms with Crippen molar-refractivity contribution in [3.05, 3.63) is 45.9 Å². The highest BCUT2D eigenvalue weighted by Crippen LogP contribution is 2.35. The van der Waals surface area contributed by atoms with E-state index < -0.39 is 4.92 Å². The molecule has 2 aliphatic heterocycles. The minimum atomic E-state index is -0.533. The lowest BCUT2D eigenvalue weighted by molar-refractivity contribution is -0.391. The van der Waals surface area contributed by atoms with Gasteiger partial charge in [0.2, 0.25) is 11.7 Å². The summed E-state index contributed by atoms with van der Waals surface area (Å²) in [5, 5.41) is 16.7. The molecule has 31 heavy (non-hydrogen) atoms. The van der Waals surface area contributed by atoms with Crippen LogP contribution >= 0.6 is 0 Å². The molecule has 1 aromatic carbocycles. The number of likely N-dealkylation sites (tertiary alicyclic amines) is 1. The van der Waals surface area contributed by atoms with Gasteiger partial charge in [-0.05, 0) is 49.1 Å². The van der Waals surface area contributed by atoms with E-state index in [0.717, 1.165) is 25.8 Å². The second-order valence-corrected chi connectivity index (χ2v) is 7.76. The average Bonchev–Trinajstić information content (AvgIpc) is 3.27. The van der Waals surface area contributed by atoms with E-state index in [-0.39, 0.29) is 17.6 Å². The average molecular weight is 424 g/mol. The normalized spacial score (nSPS) is 17.5. The van der Waals surface area contributed by atoms with E-state index in [1.54, 1.807) is 18.2 Å². The summed E-state index contributed by atoms with van der Waals surface area (Å²) < 4.78 is 1.31. The Bertz CT molecular complexity index is 1070. The fraction of sp³-hybridized carbons (Fsp3) is 0.381. The van der Waals surface area contributed by atoms with Crippen LogP contribution in [-0.2, 0) is 16.6 Å². The van der Waals surface area contributed by atoms with Crippen LogP contribution < -0.4 is 10.6 Å². The molecule has 1 fully saturated rings. The first-order chi connectivity index (χ1) is 14.9. The number of anilines is 2. The van der Waals surface area contributed by atoms with Crippen LogP contribution in [0, 0.1) is 10.1 Å². The number of hydrogen-bond acceptors (Lipinski definition) is 6. The number of aromatic nitrogens is 2. The smallest absolute Gasteiger partial charge is 0.342 e. The molecule has 2 aromatic rings. The highest BCUT2D eigenvalue weighted by molar-refractivity contribution is 6.35. The van der Waals surface area contributed by atoms with Crippen LogP contribution in [-0.4, -0.2) is 50.8 Å². The molecule has 0 spiro atoms. The van der Waals surface area contributed by atoms with Gasteiger partial charge >= 0.3 is 5.82 Å². The maximum Gasteiger partial charge on any atom is 0.342 e. The molecular formula is C21H24N6O4. The monoisotopic (exact) mass is 424 g/mol. The number of carbonyl (C=O) groups excluding carboxylic acids is 2. The van der Waals surface area contributed by atoms with Crippen molar-refractivity contribution in [1.82, 2.24) is 14.5 Å². The Hall–Kier alpha value is -3.53. The number of nitrogens with zero attached hydrogens (tertiary/aromatic N) is 4. The molecule has 162 valence electrons. The Morgan fingerprint density at radius 3 is 2.81 bits per heavy atom. The number of benzene rings is 1. The van der Waals surface area contributed by atoms with Gasteiger partial charge in [0.15, 0.2) is 0 Å². The van der Waals surface area contributed by atoms with Gasteiger partial charge in [-0.3, -0.25) is 9.59 Å². The Labute approximate surface area is 179 Å². The Morgan fingerprint density at radius 1 is 1.32 bits per heavy atom. The molecule has 1 aromatic heterocycles. The summed E-state index contributed by atoms with van der Waals surface area (Å²) in [6.45, 7) is 2.82. The topological polar surface area (TPSA) is 122 Å². The first-order valence-electron chi connectivity index (χ1n) is 10.3. The van der Waals surface area contributed by atoms with Crippen LogP contribution in [0.5, 0.6) is 0 Å². The third-order valence-corrected chi connectivity index (χ3v) is 5.65. The van der Waals surface area contributed by atoms with Crippen molar-refractivity contribution in [3.63, 3.8) is 0 Å². The Morgan fingerprint density at radius 2 is 2.10 bits per heavy atom. The van der Waals surface area contributed by atoms with Gasteiger partial charge in [-0.2, -0.15) is 0 Å². The SMILES string of the molecule is Cn1c([N+](=O)[O-])cnc1/C=C1/C(=O)Nc2ccc(NC(=O)CCN3CCCCC3)cc21. The number of imidazole rings is 1. The standard InChI is InChI=1S/C21H24N6O4/c1-25-18(22-13-20(25)27(30)31)12-16-15-11-14(5-6-17(15)24-21(16)29)23-19(28)7-10-26-8-3-2-4-9-26/h5-6,11-13H,2-4,7-10H2,1H3,(H,23,28)(H,24,29)/b16-12+. The van der Waals surface area contributed by atoms with Crippen molar-refractivity contribution in [2.24, 2.45) is 7.05 Å². The number of nitro groups is 1. The van der Waals surface area contributed by atoms with Crippen molar-refractivity contribution in [3.8, 4) is 0 Å². The highest BCUT2D eigenvalue weighted by Gasteiger charge is 2.26. The quantitative estimate of drug-likeness (QED) is 0.418. The van der Waals surface area contributed by atoms with E-state index in [9.17, 15) is 19.7 Å². The zero-order valence-corrected chi connectivity index (χ0v) is 17.3. The van der Waals surface area contributed by atoms with E-state index in [2.05, 4.69) is 20.5 Å². The maximum absolute atomic E-state index is 12.5. The summed E-state index contributed by atoms with van der Waals surface area (Å²) in [7, 11) is 1.52. The van der Waals surface area contributed by atoms with Gasteiger partial charge in [0.25, 0.3) is 5.91 Å². The highest BCUT2D eigenvalue weighted by atomic mass is 16.6. The molecule has 0 bridgehead atoms. The van der Waals surface area contributed by atoms with Crippen LogP contribution in [0.2, 0.25) is 0 Å². The lowest BCUT2D eigenvalue weighted by atomic mass is 10.1. The molecule has 2 aliphatic rings. The number of amides is 2. The molecular weight excluding hydrogens is 400 g/mol. The zero-order chi connectivity index (χ0) is 22.0. The van der Waals surface area contributed by atoms with Gasteiger partial charge < -0.3 is 25.6 Å². The summed E-state index contributed by atoms with van der Waals surface area (Å²) in [5.74, 6) is -0.275. The van der Waals surface area contributed by atoms with Gasteiger partial charge in [0.1, 0.15) is 6.20 Å². The first-order valence-corrected chi connectivity index (χ1v) is 10.3. The van der Waals surface area contributed by atoms with E-state index >= 15 is 0 Å². The van der Waals surface area contributed by atoms with Crippen LogP contribution in [0.3, 0.4) is 0 Å². The van der Waals surface area contributed by atoms with Crippen LogP contribution in [0.25, 0.3) is 11.6 Å². The number of carbonyl (C=O) groups is 2. The Kier molecular flexibility index (Phi) is 5.81. The molecule has 10 heteroatoms. The van der Waals surface area contributed by atoms with Crippen molar-refractivity contribution >= 4 is 40.7 Å². The zero-order valence-electron chi connectivity index (χ0n) is 17.3. The fourth-order valence-electron chi connectivity index (χ4n) is 3.92. The first kappa shape index (κ1) is 20.7. The summed E-state index contributed by atoms with van der Waals surface area (Å²) in [6, 6.07) is 5.21. The van der Waals surface area contributed by atoms with Gasteiger partial charge in [-0.25, -0.2) is 9.55 Å². The number of fused-ring (bicyclic) bond motifs is 1. The minimum Gasteiger partial charge on any atom is -0.358 e. The molecule has 0 atom stereocenters. The maximum atomic E-state index is 12.5. The summed E-state index contributed by atoms with van der Waals surface area (Å²) >= 11 is 0. The molecule has 0 radical (unpaired) electrons. The second-order valence-electron chi connectivity index (χ2n) is 7.76. The van der Waals surface area contributed by atoms with E-state index in [1.165, 1.54) is 37.0 Å². The molecule has 2 N–H and O–H groups in total. The van der Waals surface area contributed by atoms with Gasteiger partial charge in [-0.15, -0.1) is 0 Å². The molecule has 1 saturated heterocycles. The molecule has 0 saturated carbocycles. The predicted octanol–water partition coefficient (Wildman–Crippen LogP) is 2.64. The number of hydrogen-bond donors (Lipinski definition) is 2. The van der Waals surface area contributed by atoms with Crippen molar-refractivity contribution in [1.29, 1.82) is 0 Å². The molecule has 0 unspecified atom stereocenters. The van der Waals surface area contributed by atoms with Gasteiger partial charge in [-0.1, -0.05) is 6.42 Å². The van der Waals surface area contributed by atoms with Crippen LogP contribution in [0.15, 0.2) is 24.4 Å². The molecule has 0 aliphatic carbocycles. The molecule has 3 heterocycles. The Balaban J connectivity index is 1.49. The summed E-state index contributed by atoms with van der Waals surface area (Å²) in [4.78, 5) is 41.7. The van der Waals surface area contributed by atoms with Crippen molar-refractivity contribution < 1.29 is 14.5 Å². The third-order valence-electron chi connectivity index (χ3n) is 5.65. The number of piperidine rings is 1. The second kappa shape index (κ2) is 8.68. The lowest BCUT2D eigenvalue weighted by Crippen LogP contribution is -2.32. The fourth-order valence-corrected chi connectivity index (χ4v) is 3.92. The predicted molar refractivity (Wildman–Crippen MR) is 116 cm³/mol. The van der Waals surface area contributed by atoms with E-state index in [0.29, 0.717) is 34.8 Å². The molecule has 10 nitrogen and oxygen atoms in total. The van der Waals surface area contributed by atoms with E-state index in [1.807, 2.05) is 0 Å². The van der Waals surface area contributed by atoms with E-state index in [4.69, 9.17) is 0 Å². The largest absolute Gasteiger partial charge is 0.358 e. The summed E-state index contributed by atoms with van der Waals surface area (Å²) in [6.07, 6.45) is 6.69. The van der Waals surface area contributed by atoms with Crippen LogP contribution in [0.1, 0.15) is 37.1 Å². The third kappa shape index (κ3) is 4.48. The number of nitrogens with one attached hydrogen (secondary N) is 2.